The lowest BCUT2D eigenvalue weighted by Crippen LogP contribution is -2.22. The highest BCUT2D eigenvalue weighted by molar-refractivity contribution is 7.78. The standard InChI is InChI=1S/C25H33O3P/c26-29(23-15-7-5-8-16-23,24-17-9-6-10-18-24)22-14-4-2-1-3-12-20-27-25-19-11-13-21-28-25/h1-2,5-10,15-18,25H,3-4,11-14,19-22H2/b2-1-. The van der Waals surface area contributed by atoms with E-state index in [0.717, 1.165) is 62.3 Å². The molecule has 1 unspecified atom stereocenters. The van der Waals surface area contributed by atoms with E-state index in [1.54, 1.807) is 0 Å². The molecule has 1 atom stereocenters. The summed E-state index contributed by atoms with van der Waals surface area (Å²) in [6, 6.07) is 19.9. The molecule has 0 bridgehead atoms. The second-order valence-corrected chi connectivity index (χ2v) is 10.5. The third kappa shape index (κ3) is 6.96. The normalized spacial score (nSPS) is 17.6. The van der Waals surface area contributed by atoms with Crippen LogP contribution in [0.1, 0.15) is 44.9 Å². The Labute approximate surface area is 175 Å². The Morgan fingerprint density at radius 1 is 0.897 bits per heavy atom. The van der Waals surface area contributed by atoms with Crippen molar-refractivity contribution in [3.05, 3.63) is 72.8 Å². The van der Waals surface area contributed by atoms with E-state index in [0.29, 0.717) is 6.16 Å². The molecule has 1 aliphatic rings. The summed E-state index contributed by atoms with van der Waals surface area (Å²) < 4.78 is 25.2. The number of hydrogen-bond acceptors (Lipinski definition) is 3. The van der Waals surface area contributed by atoms with Crippen LogP contribution in [-0.4, -0.2) is 25.7 Å². The Morgan fingerprint density at radius 3 is 2.10 bits per heavy atom. The van der Waals surface area contributed by atoms with E-state index in [1.165, 1.54) is 6.42 Å². The van der Waals surface area contributed by atoms with Crippen molar-refractivity contribution in [3.63, 3.8) is 0 Å². The molecular formula is C25H33O3P. The van der Waals surface area contributed by atoms with E-state index in [9.17, 15) is 4.57 Å². The van der Waals surface area contributed by atoms with Gasteiger partial charge in [0.15, 0.2) is 6.29 Å². The zero-order valence-corrected chi connectivity index (χ0v) is 18.1. The number of unbranched alkanes of at least 4 members (excludes halogenated alkanes) is 2. The Hall–Kier alpha value is -1.67. The largest absolute Gasteiger partial charge is 0.353 e. The molecule has 3 nitrogen and oxygen atoms in total. The molecule has 1 aliphatic heterocycles. The van der Waals surface area contributed by atoms with Crippen LogP contribution in [0.25, 0.3) is 0 Å². The van der Waals surface area contributed by atoms with Gasteiger partial charge in [-0.1, -0.05) is 72.8 Å². The summed E-state index contributed by atoms with van der Waals surface area (Å²) in [7, 11) is -2.57. The molecule has 0 aliphatic carbocycles. The van der Waals surface area contributed by atoms with Crippen LogP contribution in [0.3, 0.4) is 0 Å². The van der Waals surface area contributed by atoms with Gasteiger partial charge in [-0.05, 0) is 44.9 Å². The van der Waals surface area contributed by atoms with Gasteiger partial charge in [-0.15, -0.1) is 0 Å². The minimum atomic E-state index is -2.57. The minimum absolute atomic E-state index is 0.0119. The highest BCUT2D eigenvalue weighted by Crippen LogP contribution is 2.44. The van der Waals surface area contributed by atoms with Gasteiger partial charge >= 0.3 is 0 Å². The predicted octanol–water partition coefficient (Wildman–Crippen LogP) is 5.66. The molecule has 0 amide bonds. The monoisotopic (exact) mass is 412 g/mol. The molecule has 1 saturated heterocycles. The van der Waals surface area contributed by atoms with Crippen LogP contribution in [-0.2, 0) is 14.0 Å². The molecule has 4 heteroatoms. The molecule has 0 N–H and O–H groups in total. The average Bonchev–Trinajstić information content (AvgIpc) is 2.79. The maximum Gasteiger partial charge on any atom is 0.157 e. The van der Waals surface area contributed by atoms with Gasteiger partial charge in [-0.3, -0.25) is 0 Å². The highest BCUT2D eigenvalue weighted by Gasteiger charge is 2.26. The van der Waals surface area contributed by atoms with Crippen LogP contribution in [0.5, 0.6) is 0 Å². The minimum Gasteiger partial charge on any atom is -0.353 e. The van der Waals surface area contributed by atoms with Crippen molar-refractivity contribution in [1.29, 1.82) is 0 Å². The molecule has 2 aromatic rings. The molecule has 3 rings (SSSR count). The van der Waals surface area contributed by atoms with Gasteiger partial charge in [0.25, 0.3) is 0 Å². The molecule has 156 valence electrons. The van der Waals surface area contributed by atoms with Crippen molar-refractivity contribution in [2.75, 3.05) is 19.4 Å². The fourth-order valence-electron chi connectivity index (χ4n) is 3.67. The third-order valence-corrected chi connectivity index (χ3v) is 8.52. The van der Waals surface area contributed by atoms with Crippen molar-refractivity contribution in [1.82, 2.24) is 0 Å². The molecule has 0 saturated carbocycles. The third-order valence-electron chi connectivity index (χ3n) is 5.31. The van der Waals surface area contributed by atoms with Crippen molar-refractivity contribution in [2.24, 2.45) is 0 Å². The fraction of sp³-hybridized carbons (Fsp3) is 0.440. The van der Waals surface area contributed by atoms with Crippen molar-refractivity contribution in [2.45, 2.75) is 51.2 Å². The molecular weight excluding hydrogens is 379 g/mol. The Balaban J connectivity index is 1.41. The van der Waals surface area contributed by atoms with Crippen LogP contribution in [0.2, 0.25) is 0 Å². The molecule has 1 fully saturated rings. The SMILES string of the molecule is O=P(CCC/C=C\CCCOC1CCCCO1)(c1ccccc1)c1ccccc1. The van der Waals surface area contributed by atoms with Gasteiger partial charge in [0.2, 0.25) is 0 Å². The number of hydrogen-bond donors (Lipinski definition) is 0. The van der Waals surface area contributed by atoms with E-state index in [2.05, 4.69) is 12.2 Å². The Morgan fingerprint density at radius 2 is 1.52 bits per heavy atom. The van der Waals surface area contributed by atoms with Gasteiger partial charge in [-0.2, -0.15) is 0 Å². The number of ether oxygens (including phenoxy) is 2. The lowest BCUT2D eigenvalue weighted by atomic mass is 10.2. The van der Waals surface area contributed by atoms with Crippen LogP contribution in [0.4, 0.5) is 0 Å². The van der Waals surface area contributed by atoms with Crippen LogP contribution in [0, 0.1) is 0 Å². The molecule has 29 heavy (non-hydrogen) atoms. The molecule has 0 radical (unpaired) electrons. The zero-order valence-electron chi connectivity index (χ0n) is 17.2. The smallest absolute Gasteiger partial charge is 0.157 e. The zero-order chi connectivity index (χ0) is 20.2. The van der Waals surface area contributed by atoms with Gasteiger partial charge in [-0.25, -0.2) is 0 Å². The first kappa shape index (κ1) is 22.0. The second kappa shape index (κ2) is 12.1. The van der Waals surface area contributed by atoms with E-state index >= 15 is 0 Å². The van der Waals surface area contributed by atoms with E-state index in [4.69, 9.17) is 9.47 Å². The van der Waals surface area contributed by atoms with Gasteiger partial charge in [0, 0.05) is 23.4 Å². The number of rotatable bonds is 11. The van der Waals surface area contributed by atoms with Crippen LogP contribution < -0.4 is 10.6 Å². The maximum atomic E-state index is 13.9. The quantitative estimate of drug-likeness (QED) is 0.271. The first-order valence-corrected chi connectivity index (χ1v) is 12.8. The summed E-state index contributed by atoms with van der Waals surface area (Å²) in [6.45, 7) is 1.59. The Bertz CT molecular complexity index is 724. The van der Waals surface area contributed by atoms with E-state index in [1.807, 2.05) is 60.7 Å². The summed E-state index contributed by atoms with van der Waals surface area (Å²) >= 11 is 0. The summed E-state index contributed by atoms with van der Waals surface area (Å²) in [4.78, 5) is 0. The Kier molecular flexibility index (Phi) is 9.21. The molecule has 0 aromatic heterocycles. The van der Waals surface area contributed by atoms with Gasteiger partial charge in [0.05, 0.1) is 6.61 Å². The lowest BCUT2D eigenvalue weighted by molar-refractivity contribution is -0.162. The van der Waals surface area contributed by atoms with E-state index < -0.39 is 7.14 Å². The first-order valence-electron chi connectivity index (χ1n) is 10.9. The number of benzene rings is 2. The maximum absolute atomic E-state index is 13.9. The second-order valence-electron chi connectivity index (χ2n) is 7.56. The molecule has 0 spiro atoms. The van der Waals surface area contributed by atoms with E-state index in [-0.39, 0.29) is 6.29 Å². The summed E-state index contributed by atoms with van der Waals surface area (Å²) in [5.41, 5.74) is 0. The number of allylic oxidation sites excluding steroid dienone is 2. The lowest BCUT2D eigenvalue weighted by Gasteiger charge is -2.22. The molecule has 2 aromatic carbocycles. The van der Waals surface area contributed by atoms with Crippen molar-refractivity contribution >= 4 is 17.8 Å². The topological polar surface area (TPSA) is 35.5 Å². The van der Waals surface area contributed by atoms with Gasteiger partial charge in [0.1, 0.15) is 7.14 Å². The molecule has 1 heterocycles. The van der Waals surface area contributed by atoms with Crippen LogP contribution in [0.15, 0.2) is 72.8 Å². The first-order chi connectivity index (χ1) is 14.3. The van der Waals surface area contributed by atoms with Crippen molar-refractivity contribution in [3.8, 4) is 0 Å². The predicted molar refractivity (Wildman–Crippen MR) is 122 cm³/mol. The summed E-state index contributed by atoms with van der Waals surface area (Å²) in [5, 5.41) is 1.91. The summed E-state index contributed by atoms with van der Waals surface area (Å²) in [6.07, 6.45) is 12.5. The summed E-state index contributed by atoms with van der Waals surface area (Å²) in [5.74, 6) is 0. The average molecular weight is 413 g/mol. The van der Waals surface area contributed by atoms with Crippen molar-refractivity contribution < 1.29 is 14.0 Å². The van der Waals surface area contributed by atoms with Crippen LogP contribution >= 0.6 is 7.14 Å². The van der Waals surface area contributed by atoms with Gasteiger partial charge < -0.3 is 14.0 Å². The highest BCUT2D eigenvalue weighted by atomic mass is 31.2. The fourth-order valence-corrected chi connectivity index (χ4v) is 6.42.